The Labute approximate surface area is 143 Å². The molecule has 1 saturated carbocycles. The Morgan fingerprint density at radius 1 is 1.36 bits per heavy atom. The van der Waals surface area contributed by atoms with Crippen LogP contribution in [0.25, 0.3) is 0 Å². The van der Waals surface area contributed by atoms with Crippen LogP contribution in [0.2, 0.25) is 0 Å². The average Bonchev–Trinajstić information content (AvgIpc) is 2.99. The molecule has 1 aliphatic carbocycles. The molecule has 3 amide bonds. The maximum atomic E-state index is 12.7. The van der Waals surface area contributed by atoms with Crippen molar-refractivity contribution in [2.75, 3.05) is 11.9 Å². The van der Waals surface area contributed by atoms with Crippen molar-refractivity contribution in [1.29, 1.82) is 0 Å². The molecule has 5 nitrogen and oxygen atoms in total. The Morgan fingerprint density at radius 3 is 2.84 bits per heavy atom. The molecule has 2 fully saturated rings. The van der Waals surface area contributed by atoms with Crippen LogP contribution in [0.1, 0.15) is 25.3 Å². The maximum absolute atomic E-state index is 12.7. The van der Waals surface area contributed by atoms with Crippen LogP contribution in [-0.2, 0) is 11.0 Å². The van der Waals surface area contributed by atoms with Gasteiger partial charge >= 0.3 is 12.2 Å². The van der Waals surface area contributed by atoms with E-state index in [2.05, 4.69) is 22.9 Å². The average molecular weight is 355 g/mol. The van der Waals surface area contributed by atoms with Gasteiger partial charge in [-0.25, -0.2) is 4.79 Å². The SMILES string of the molecule is C[C@H]1C[C@H]2NC(=O)C[C@H]2[C@@H]1CNC(=O)Nc1cccc(C(F)(F)F)c1. The fraction of sp³-hybridized carbons (Fsp3) is 0.529. The van der Waals surface area contributed by atoms with Gasteiger partial charge in [0, 0.05) is 24.7 Å². The predicted octanol–water partition coefficient (Wildman–Crippen LogP) is 2.99. The number of anilines is 1. The Kier molecular flexibility index (Phi) is 4.62. The van der Waals surface area contributed by atoms with Gasteiger partial charge in [-0.3, -0.25) is 4.79 Å². The number of carbonyl (C=O) groups is 2. The van der Waals surface area contributed by atoms with Crippen LogP contribution in [0.4, 0.5) is 23.7 Å². The van der Waals surface area contributed by atoms with E-state index in [9.17, 15) is 22.8 Å². The van der Waals surface area contributed by atoms with Gasteiger partial charge in [-0.1, -0.05) is 13.0 Å². The van der Waals surface area contributed by atoms with Gasteiger partial charge in [0.25, 0.3) is 0 Å². The molecular formula is C17H20F3N3O2. The Morgan fingerprint density at radius 2 is 2.12 bits per heavy atom. The summed E-state index contributed by atoms with van der Waals surface area (Å²) in [5, 5.41) is 8.10. The third-order valence-corrected chi connectivity index (χ3v) is 5.14. The van der Waals surface area contributed by atoms with E-state index in [0.29, 0.717) is 18.9 Å². The molecule has 1 saturated heterocycles. The van der Waals surface area contributed by atoms with Crippen molar-refractivity contribution in [3.8, 4) is 0 Å². The summed E-state index contributed by atoms with van der Waals surface area (Å²) >= 11 is 0. The number of halogens is 3. The van der Waals surface area contributed by atoms with Crippen LogP contribution < -0.4 is 16.0 Å². The van der Waals surface area contributed by atoms with Crippen molar-refractivity contribution in [1.82, 2.24) is 10.6 Å². The number of nitrogens with one attached hydrogen (secondary N) is 3. The first-order valence-corrected chi connectivity index (χ1v) is 8.25. The summed E-state index contributed by atoms with van der Waals surface area (Å²) in [5.74, 6) is 0.789. The quantitative estimate of drug-likeness (QED) is 0.780. The van der Waals surface area contributed by atoms with Crippen LogP contribution in [0.15, 0.2) is 24.3 Å². The van der Waals surface area contributed by atoms with E-state index in [4.69, 9.17) is 0 Å². The third-order valence-electron chi connectivity index (χ3n) is 5.14. The number of benzene rings is 1. The van der Waals surface area contributed by atoms with Crippen molar-refractivity contribution < 1.29 is 22.8 Å². The van der Waals surface area contributed by atoms with Gasteiger partial charge in [0.2, 0.25) is 5.91 Å². The zero-order chi connectivity index (χ0) is 18.2. The lowest BCUT2D eigenvalue weighted by atomic mass is 9.88. The minimum atomic E-state index is -4.45. The second kappa shape index (κ2) is 6.57. The van der Waals surface area contributed by atoms with Gasteiger partial charge in [0.15, 0.2) is 0 Å². The fourth-order valence-corrected chi connectivity index (χ4v) is 3.92. The number of hydrogen-bond acceptors (Lipinski definition) is 2. The lowest BCUT2D eigenvalue weighted by Crippen LogP contribution is -2.36. The van der Waals surface area contributed by atoms with Crippen LogP contribution in [0, 0.1) is 17.8 Å². The number of fused-ring (bicyclic) bond motifs is 1. The lowest BCUT2D eigenvalue weighted by Gasteiger charge is -2.21. The zero-order valence-electron chi connectivity index (χ0n) is 13.7. The second-order valence-electron chi connectivity index (χ2n) is 6.83. The van der Waals surface area contributed by atoms with Crippen molar-refractivity contribution in [2.24, 2.45) is 17.8 Å². The molecule has 1 aromatic carbocycles. The molecule has 3 rings (SSSR count). The first kappa shape index (κ1) is 17.6. The molecule has 8 heteroatoms. The zero-order valence-corrected chi connectivity index (χ0v) is 13.7. The number of amides is 3. The number of alkyl halides is 3. The molecule has 1 aliphatic heterocycles. The molecule has 136 valence electrons. The van der Waals surface area contributed by atoms with Crippen molar-refractivity contribution in [3.63, 3.8) is 0 Å². The van der Waals surface area contributed by atoms with Crippen LogP contribution >= 0.6 is 0 Å². The fourth-order valence-electron chi connectivity index (χ4n) is 3.92. The smallest absolute Gasteiger partial charge is 0.353 e. The van der Waals surface area contributed by atoms with E-state index in [-0.39, 0.29) is 29.5 Å². The molecule has 3 N–H and O–H groups in total. The summed E-state index contributed by atoms with van der Waals surface area (Å²) in [6, 6.07) is 4.12. The van der Waals surface area contributed by atoms with Gasteiger partial charge in [0.1, 0.15) is 0 Å². The molecule has 0 unspecified atom stereocenters. The van der Waals surface area contributed by atoms with Crippen LogP contribution in [0.5, 0.6) is 0 Å². The Hall–Kier alpha value is -2.25. The Bertz CT molecular complexity index is 677. The molecular weight excluding hydrogens is 335 g/mol. The summed E-state index contributed by atoms with van der Waals surface area (Å²) in [5.41, 5.74) is -0.726. The minimum absolute atomic E-state index is 0.0420. The van der Waals surface area contributed by atoms with Gasteiger partial charge < -0.3 is 16.0 Å². The maximum Gasteiger partial charge on any atom is 0.416 e. The summed E-state index contributed by atoms with van der Waals surface area (Å²) in [4.78, 5) is 23.5. The number of hydrogen-bond donors (Lipinski definition) is 3. The van der Waals surface area contributed by atoms with E-state index >= 15 is 0 Å². The highest BCUT2D eigenvalue weighted by molar-refractivity contribution is 5.89. The molecule has 2 aliphatic rings. The molecule has 0 spiro atoms. The molecule has 1 aromatic rings. The molecule has 0 bridgehead atoms. The first-order chi connectivity index (χ1) is 11.7. The number of urea groups is 1. The summed E-state index contributed by atoms with van der Waals surface area (Å²) in [6.45, 7) is 2.48. The molecule has 4 atom stereocenters. The van der Waals surface area contributed by atoms with E-state index < -0.39 is 17.8 Å². The van der Waals surface area contributed by atoms with Crippen molar-refractivity contribution >= 4 is 17.6 Å². The van der Waals surface area contributed by atoms with E-state index in [1.54, 1.807) is 0 Å². The summed E-state index contributed by atoms with van der Waals surface area (Å²) in [7, 11) is 0. The van der Waals surface area contributed by atoms with Crippen molar-refractivity contribution in [3.05, 3.63) is 29.8 Å². The van der Waals surface area contributed by atoms with Gasteiger partial charge in [-0.2, -0.15) is 13.2 Å². The molecule has 25 heavy (non-hydrogen) atoms. The van der Waals surface area contributed by atoms with Gasteiger partial charge in [-0.15, -0.1) is 0 Å². The highest BCUT2D eigenvalue weighted by atomic mass is 19.4. The van der Waals surface area contributed by atoms with Crippen LogP contribution in [-0.4, -0.2) is 24.5 Å². The van der Waals surface area contributed by atoms with Gasteiger partial charge in [0.05, 0.1) is 5.56 Å². The molecule has 0 aromatic heterocycles. The normalized spacial score (nSPS) is 28.4. The monoisotopic (exact) mass is 355 g/mol. The van der Waals surface area contributed by atoms with Gasteiger partial charge in [-0.05, 0) is 42.4 Å². The van der Waals surface area contributed by atoms with Crippen molar-refractivity contribution in [2.45, 2.75) is 32.0 Å². The summed E-state index contributed by atoms with van der Waals surface area (Å²) in [6.07, 6.45) is -3.10. The van der Waals surface area contributed by atoms with E-state index in [1.807, 2.05) is 0 Å². The van der Waals surface area contributed by atoms with Crippen LogP contribution in [0.3, 0.4) is 0 Å². The lowest BCUT2D eigenvalue weighted by molar-refractivity contribution is -0.137. The third kappa shape index (κ3) is 3.88. The topological polar surface area (TPSA) is 70.2 Å². The predicted molar refractivity (Wildman–Crippen MR) is 85.8 cm³/mol. The summed E-state index contributed by atoms with van der Waals surface area (Å²) < 4.78 is 38.1. The van der Waals surface area contributed by atoms with E-state index in [1.165, 1.54) is 12.1 Å². The number of rotatable bonds is 3. The highest BCUT2D eigenvalue weighted by Crippen LogP contribution is 2.41. The second-order valence-corrected chi connectivity index (χ2v) is 6.83. The largest absolute Gasteiger partial charge is 0.416 e. The molecule has 0 radical (unpaired) electrons. The standard InChI is InChI=1S/C17H20F3N3O2/c1-9-5-14-12(7-15(24)23-14)13(9)8-21-16(25)22-11-4-2-3-10(6-11)17(18,19)20/h2-4,6,9,12-14H,5,7-8H2,1H3,(H,23,24)(H2,21,22,25)/t9-,12-,13+,14+/m0/s1. The molecule has 1 heterocycles. The first-order valence-electron chi connectivity index (χ1n) is 8.25. The highest BCUT2D eigenvalue weighted by Gasteiger charge is 2.46. The van der Waals surface area contributed by atoms with E-state index in [0.717, 1.165) is 18.6 Å². The number of carbonyl (C=O) groups excluding carboxylic acids is 2. The Balaban J connectivity index is 1.56. The minimum Gasteiger partial charge on any atom is -0.353 e.